The summed E-state index contributed by atoms with van der Waals surface area (Å²) in [6.07, 6.45) is 2.13. The molecule has 0 bridgehead atoms. The van der Waals surface area contributed by atoms with E-state index in [0.717, 1.165) is 37.3 Å². The highest BCUT2D eigenvalue weighted by Crippen LogP contribution is 2.34. The molecule has 2 atom stereocenters. The molecule has 2 aromatic rings. The smallest absolute Gasteiger partial charge is 0.258 e. The highest BCUT2D eigenvalue weighted by molar-refractivity contribution is 6.33. The van der Waals surface area contributed by atoms with Gasteiger partial charge in [-0.2, -0.15) is 0 Å². The lowest BCUT2D eigenvalue weighted by atomic mass is 9.94. The van der Waals surface area contributed by atoms with E-state index in [1.165, 1.54) is 12.1 Å². The lowest BCUT2D eigenvalue weighted by Gasteiger charge is -2.34. The van der Waals surface area contributed by atoms with Gasteiger partial charge in [-0.1, -0.05) is 35.3 Å². The average Bonchev–Trinajstić information content (AvgIpc) is 3.51. The van der Waals surface area contributed by atoms with Crippen LogP contribution in [0.5, 0.6) is 0 Å². The van der Waals surface area contributed by atoms with Crippen LogP contribution in [0.3, 0.4) is 0 Å². The van der Waals surface area contributed by atoms with Gasteiger partial charge >= 0.3 is 0 Å². The highest BCUT2D eigenvalue weighted by atomic mass is 35.5. The molecule has 5 rings (SSSR count). The maximum atomic E-state index is 14.3. The van der Waals surface area contributed by atoms with E-state index in [-0.39, 0.29) is 34.2 Å². The van der Waals surface area contributed by atoms with Gasteiger partial charge in [-0.3, -0.25) is 14.4 Å². The number of hydrogen-bond donors (Lipinski definition) is 0. The van der Waals surface area contributed by atoms with Crippen LogP contribution in [0.15, 0.2) is 36.4 Å². The Morgan fingerprint density at radius 1 is 0.951 bits per heavy atom. The van der Waals surface area contributed by atoms with E-state index in [9.17, 15) is 18.8 Å². The molecule has 3 aliphatic heterocycles. The van der Waals surface area contributed by atoms with Crippen molar-refractivity contribution in [2.45, 2.75) is 33.1 Å². The Labute approximate surface area is 251 Å². The first kappa shape index (κ1) is 29.8. The van der Waals surface area contributed by atoms with Crippen molar-refractivity contribution in [1.82, 2.24) is 14.7 Å². The van der Waals surface area contributed by atoms with Gasteiger partial charge < -0.3 is 19.6 Å². The molecule has 0 aromatic heterocycles. The lowest BCUT2D eigenvalue weighted by Crippen LogP contribution is -2.44. The summed E-state index contributed by atoms with van der Waals surface area (Å²) in [4.78, 5) is 46.3. The van der Waals surface area contributed by atoms with Crippen LogP contribution >= 0.6 is 23.2 Å². The molecular weight excluding hydrogens is 566 g/mol. The monoisotopic (exact) mass is 602 g/mol. The fraction of sp³-hybridized carbons (Fsp3) is 0.516. The molecule has 3 fully saturated rings. The molecule has 2 unspecified atom stereocenters. The van der Waals surface area contributed by atoms with E-state index in [0.29, 0.717) is 62.4 Å². The van der Waals surface area contributed by atoms with Gasteiger partial charge in [0.15, 0.2) is 0 Å². The molecule has 0 saturated carbocycles. The number of likely N-dealkylation sites (tertiary alicyclic amines) is 3. The molecule has 0 radical (unpaired) electrons. The van der Waals surface area contributed by atoms with Crippen molar-refractivity contribution in [3.8, 4) is 0 Å². The van der Waals surface area contributed by atoms with Crippen molar-refractivity contribution in [3.63, 3.8) is 0 Å². The average molecular weight is 604 g/mol. The zero-order chi connectivity index (χ0) is 29.3. The maximum Gasteiger partial charge on any atom is 0.258 e. The maximum absolute atomic E-state index is 14.3. The standard InChI is InChI=1S/C31H37Cl2FN4O3/c1-20-7-8-25(15-27(20)33)38(30(40)22-9-13-36(14-10-22)21(2)39)12-4-11-35-16-23-18-37(19-24(23)17-35)31(41)29-26(32)5-3-6-28(29)34/h3,5-8,15,22-24H,4,9-14,16-19H2,1-2H3. The number of benzene rings is 2. The molecule has 3 heterocycles. The zero-order valence-corrected chi connectivity index (χ0v) is 25.1. The Morgan fingerprint density at radius 3 is 2.24 bits per heavy atom. The molecule has 0 N–H and O–H groups in total. The summed E-state index contributed by atoms with van der Waals surface area (Å²) in [6, 6.07) is 10.1. The summed E-state index contributed by atoms with van der Waals surface area (Å²) < 4.78 is 14.3. The predicted octanol–water partition coefficient (Wildman–Crippen LogP) is 5.13. The Bertz CT molecular complexity index is 1280. The fourth-order valence-electron chi connectivity index (χ4n) is 6.53. The molecule has 0 aliphatic carbocycles. The number of anilines is 1. The van der Waals surface area contributed by atoms with Gasteiger partial charge in [0.2, 0.25) is 11.8 Å². The minimum Gasteiger partial charge on any atom is -0.343 e. The number of aryl methyl sites for hydroxylation is 1. The molecule has 10 heteroatoms. The van der Waals surface area contributed by atoms with E-state index in [1.807, 2.05) is 30.0 Å². The predicted molar refractivity (Wildman–Crippen MR) is 159 cm³/mol. The molecule has 0 spiro atoms. The SMILES string of the molecule is CC(=O)N1CCC(C(=O)N(CCCN2CC3CN(C(=O)c4c(F)cccc4Cl)CC3C2)c2ccc(C)c(Cl)c2)CC1. The topological polar surface area (TPSA) is 64.2 Å². The number of halogens is 3. The molecule has 41 heavy (non-hydrogen) atoms. The third kappa shape index (κ3) is 6.55. The van der Waals surface area contributed by atoms with Gasteiger partial charge in [-0.15, -0.1) is 0 Å². The minimum atomic E-state index is -0.584. The van der Waals surface area contributed by atoms with Gasteiger partial charge in [0.05, 0.1) is 10.6 Å². The van der Waals surface area contributed by atoms with Crippen LogP contribution in [0.25, 0.3) is 0 Å². The Kier molecular flexibility index (Phi) is 9.21. The third-order valence-corrected chi connectivity index (χ3v) is 9.63. The van der Waals surface area contributed by atoms with Crippen LogP contribution < -0.4 is 4.90 Å². The van der Waals surface area contributed by atoms with Gasteiger partial charge in [0.25, 0.3) is 5.91 Å². The third-order valence-electron chi connectivity index (χ3n) is 8.90. The number of carbonyl (C=O) groups is 3. The summed E-state index contributed by atoms with van der Waals surface area (Å²) in [5.41, 5.74) is 1.73. The molecule has 3 aliphatic rings. The van der Waals surface area contributed by atoms with Crippen LogP contribution in [0, 0.1) is 30.5 Å². The first-order chi connectivity index (χ1) is 19.6. The largest absolute Gasteiger partial charge is 0.343 e. The van der Waals surface area contributed by atoms with Crippen molar-refractivity contribution in [2.24, 2.45) is 17.8 Å². The van der Waals surface area contributed by atoms with Crippen molar-refractivity contribution in [1.29, 1.82) is 0 Å². The first-order valence-corrected chi connectivity index (χ1v) is 15.2. The molecule has 2 aromatic carbocycles. The number of rotatable bonds is 7. The fourth-order valence-corrected chi connectivity index (χ4v) is 6.95. The van der Waals surface area contributed by atoms with Gasteiger partial charge in [0, 0.05) is 69.4 Å². The first-order valence-electron chi connectivity index (χ1n) is 14.4. The van der Waals surface area contributed by atoms with E-state index < -0.39 is 5.82 Å². The molecule has 3 amide bonds. The second-order valence-electron chi connectivity index (χ2n) is 11.6. The Morgan fingerprint density at radius 2 is 1.63 bits per heavy atom. The molecule has 7 nitrogen and oxygen atoms in total. The summed E-state index contributed by atoms with van der Waals surface area (Å²) >= 11 is 12.6. The Balaban J connectivity index is 1.17. The van der Waals surface area contributed by atoms with E-state index in [1.54, 1.807) is 22.8 Å². The van der Waals surface area contributed by atoms with Gasteiger partial charge in [0.1, 0.15) is 5.82 Å². The highest BCUT2D eigenvalue weighted by Gasteiger charge is 2.42. The van der Waals surface area contributed by atoms with Crippen molar-refractivity contribution >= 4 is 46.6 Å². The van der Waals surface area contributed by atoms with Crippen LogP contribution in [-0.4, -0.2) is 84.8 Å². The summed E-state index contributed by atoms with van der Waals surface area (Å²) in [5, 5.41) is 0.780. The summed E-state index contributed by atoms with van der Waals surface area (Å²) in [6.45, 7) is 9.07. The number of carbonyl (C=O) groups excluding carboxylic acids is 3. The van der Waals surface area contributed by atoms with Crippen LogP contribution in [0.1, 0.15) is 42.1 Å². The van der Waals surface area contributed by atoms with E-state index in [4.69, 9.17) is 23.2 Å². The van der Waals surface area contributed by atoms with Crippen molar-refractivity contribution < 1.29 is 18.8 Å². The lowest BCUT2D eigenvalue weighted by molar-refractivity contribution is -0.133. The van der Waals surface area contributed by atoms with Gasteiger partial charge in [-0.25, -0.2) is 4.39 Å². The summed E-state index contributed by atoms with van der Waals surface area (Å²) in [5.74, 6) is -0.226. The minimum absolute atomic E-state index is 0.0427. The molecule has 3 saturated heterocycles. The molecular formula is C31H37Cl2FN4O3. The van der Waals surface area contributed by atoms with E-state index in [2.05, 4.69) is 4.90 Å². The zero-order valence-electron chi connectivity index (χ0n) is 23.6. The normalized spacial score (nSPS) is 21.3. The number of piperidine rings is 1. The number of fused-ring (bicyclic) bond motifs is 1. The number of nitrogens with zero attached hydrogens (tertiary/aromatic N) is 4. The van der Waals surface area contributed by atoms with Crippen LogP contribution in [0.4, 0.5) is 10.1 Å². The summed E-state index contributed by atoms with van der Waals surface area (Å²) in [7, 11) is 0. The van der Waals surface area contributed by atoms with Crippen LogP contribution in [0.2, 0.25) is 10.0 Å². The van der Waals surface area contributed by atoms with Crippen molar-refractivity contribution in [2.75, 3.05) is 57.3 Å². The number of hydrogen-bond acceptors (Lipinski definition) is 4. The quantitative estimate of drug-likeness (QED) is 0.441. The second kappa shape index (κ2) is 12.7. The Hall–Kier alpha value is -2.68. The van der Waals surface area contributed by atoms with Gasteiger partial charge in [-0.05, 0) is 74.4 Å². The van der Waals surface area contributed by atoms with E-state index >= 15 is 0 Å². The molecule has 220 valence electrons. The van der Waals surface area contributed by atoms with Crippen molar-refractivity contribution in [3.05, 3.63) is 63.4 Å². The number of amides is 3. The van der Waals surface area contributed by atoms with Crippen LogP contribution in [-0.2, 0) is 9.59 Å². The second-order valence-corrected chi connectivity index (χ2v) is 12.5.